The van der Waals surface area contributed by atoms with Crippen LogP contribution in [-0.4, -0.2) is 62.3 Å². The van der Waals surface area contributed by atoms with Crippen LogP contribution < -0.4 is 10.9 Å². The van der Waals surface area contributed by atoms with E-state index in [0.717, 1.165) is 13.0 Å². The van der Waals surface area contributed by atoms with E-state index in [0.29, 0.717) is 43.6 Å². The van der Waals surface area contributed by atoms with Gasteiger partial charge in [-0.3, -0.25) is 4.79 Å². The quantitative estimate of drug-likeness (QED) is 0.760. The van der Waals surface area contributed by atoms with Crippen LogP contribution in [0.5, 0.6) is 0 Å². The van der Waals surface area contributed by atoms with Gasteiger partial charge in [-0.15, -0.1) is 0 Å². The molecule has 8 nitrogen and oxygen atoms in total. The number of benzene rings is 1. The number of rotatable bonds is 3. The minimum Gasteiger partial charge on any atom is -0.423 e. The lowest BCUT2D eigenvalue weighted by Gasteiger charge is -2.40. The van der Waals surface area contributed by atoms with Gasteiger partial charge in [-0.1, -0.05) is 0 Å². The van der Waals surface area contributed by atoms with Gasteiger partial charge in [0.15, 0.2) is 0 Å². The SMILES string of the molecule is O=C1CNCCN1C1CCCN(S(=O)(=O)c2ccc3oc(=O)ccc3c2)C1. The number of sulfonamides is 1. The van der Waals surface area contributed by atoms with Crippen molar-refractivity contribution in [1.29, 1.82) is 0 Å². The van der Waals surface area contributed by atoms with Crippen LogP contribution in [0.15, 0.2) is 44.4 Å². The van der Waals surface area contributed by atoms with Crippen molar-refractivity contribution in [2.45, 2.75) is 23.8 Å². The molecule has 27 heavy (non-hydrogen) atoms. The third-order valence-electron chi connectivity index (χ3n) is 5.15. The van der Waals surface area contributed by atoms with Gasteiger partial charge in [0.05, 0.1) is 11.4 Å². The molecule has 4 rings (SSSR count). The van der Waals surface area contributed by atoms with E-state index < -0.39 is 15.6 Å². The van der Waals surface area contributed by atoms with E-state index in [9.17, 15) is 18.0 Å². The Labute approximate surface area is 156 Å². The summed E-state index contributed by atoms with van der Waals surface area (Å²) < 4.78 is 32.8. The first kappa shape index (κ1) is 18.1. The van der Waals surface area contributed by atoms with Crippen molar-refractivity contribution in [3.05, 3.63) is 40.8 Å². The van der Waals surface area contributed by atoms with Crippen LogP contribution in [0.3, 0.4) is 0 Å². The van der Waals surface area contributed by atoms with Gasteiger partial charge in [-0.05, 0) is 37.1 Å². The largest absolute Gasteiger partial charge is 0.423 e. The molecule has 2 aromatic rings. The standard InChI is InChI=1S/C18H21N3O5S/c22-17-11-19-7-9-21(17)14-2-1-8-20(12-14)27(24,25)15-4-5-16-13(10-15)3-6-18(23)26-16/h3-6,10,14,19H,1-2,7-9,11-12H2. The molecule has 2 saturated heterocycles. The molecule has 1 N–H and O–H groups in total. The van der Waals surface area contributed by atoms with Crippen LogP contribution in [0, 0.1) is 0 Å². The number of hydrogen-bond donors (Lipinski definition) is 1. The Balaban J connectivity index is 1.60. The van der Waals surface area contributed by atoms with Crippen molar-refractivity contribution >= 4 is 26.9 Å². The van der Waals surface area contributed by atoms with Gasteiger partial charge in [0, 0.05) is 43.7 Å². The van der Waals surface area contributed by atoms with Gasteiger partial charge in [-0.25, -0.2) is 13.2 Å². The Morgan fingerprint density at radius 2 is 1.96 bits per heavy atom. The van der Waals surface area contributed by atoms with E-state index in [2.05, 4.69) is 5.32 Å². The minimum atomic E-state index is -3.69. The number of nitrogens with zero attached hydrogens (tertiary/aromatic N) is 2. The number of piperazine rings is 1. The molecule has 9 heteroatoms. The summed E-state index contributed by atoms with van der Waals surface area (Å²) in [5.74, 6) is 0.0197. The molecular formula is C18H21N3O5S. The first-order valence-electron chi connectivity index (χ1n) is 8.99. The van der Waals surface area contributed by atoms with Crippen molar-refractivity contribution in [3.8, 4) is 0 Å². The Morgan fingerprint density at radius 1 is 1.11 bits per heavy atom. The average molecular weight is 391 g/mol. The maximum Gasteiger partial charge on any atom is 0.336 e. The van der Waals surface area contributed by atoms with Crippen molar-refractivity contribution in [2.75, 3.05) is 32.7 Å². The number of nitrogens with one attached hydrogen (secondary N) is 1. The molecule has 0 saturated carbocycles. The normalized spacial score (nSPS) is 22.3. The predicted octanol–water partition coefficient (Wildman–Crippen LogP) is 0.378. The Bertz CT molecular complexity index is 1030. The molecule has 1 aromatic heterocycles. The Kier molecular flexibility index (Phi) is 4.75. The van der Waals surface area contributed by atoms with Crippen molar-refractivity contribution in [2.24, 2.45) is 0 Å². The molecule has 144 valence electrons. The maximum atomic E-state index is 13.1. The number of carbonyl (C=O) groups excluding carboxylic acids is 1. The molecule has 1 unspecified atom stereocenters. The molecule has 2 aliphatic rings. The van der Waals surface area contributed by atoms with E-state index in [4.69, 9.17) is 4.42 Å². The van der Waals surface area contributed by atoms with Crippen LogP contribution in [0.25, 0.3) is 11.0 Å². The van der Waals surface area contributed by atoms with Crippen LogP contribution >= 0.6 is 0 Å². The fourth-order valence-corrected chi connectivity index (χ4v) is 5.31. The Morgan fingerprint density at radius 3 is 2.78 bits per heavy atom. The van der Waals surface area contributed by atoms with Gasteiger partial charge in [0.25, 0.3) is 0 Å². The summed E-state index contributed by atoms with van der Waals surface area (Å²) in [6.07, 6.45) is 1.52. The second-order valence-electron chi connectivity index (χ2n) is 6.88. The molecule has 1 atom stereocenters. The van der Waals surface area contributed by atoms with Gasteiger partial charge in [0.1, 0.15) is 5.58 Å². The van der Waals surface area contributed by atoms with Gasteiger partial charge in [-0.2, -0.15) is 4.31 Å². The summed E-state index contributed by atoms with van der Waals surface area (Å²) in [4.78, 5) is 25.4. The lowest BCUT2D eigenvalue weighted by molar-refractivity contribution is -0.135. The van der Waals surface area contributed by atoms with Crippen molar-refractivity contribution in [1.82, 2.24) is 14.5 Å². The molecule has 1 amide bonds. The van der Waals surface area contributed by atoms with Crippen LogP contribution in [0.2, 0.25) is 0 Å². The second-order valence-corrected chi connectivity index (χ2v) is 8.82. The zero-order chi connectivity index (χ0) is 19.0. The predicted molar refractivity (Wildman–Crippen MR) is 98.8 cm³/mol. The molecule has 1 aromatic carbocycles. The molecule has 0 radical (unpaired) electrons. The second kappa shape index (κ2) is 7.06. The summed E-state index contributed by atoms with van der Waals surface area (Å²) in [6, 6.07) is 7.21. The highest BCUT2D eigenvalue weighted by molar-refractivity contribution is 7.89. The molecule has 2 aliphatic heterocycles. The first-order chi connectivity index (χ1) is 12.9. The molecular weight excluding hydrogens is 370 g/mol. The summed E-state index contributed by atoms with van der Waals surface area (Å²) in [6.45, 7) is 2.37. The van der Waals surface area contributed by atoms with E-state index >= 15 is 0 Å². The number of carbonyl (C=O) groups is 1. The minimum absolute atomic E-state index is 0.0197. The Hall–Kier alpha value is -2.23. The van der Waals surface area contributed by atoms with E-state index in [1.807, 2.05) is 0 Å². The third-order valence-corrected chi connectivity index (χ3v) is 7.02. The van der Waals surface area contributed by atoms with Gasteiger partial charge >= 0.3 is 5.63 Å². The van der Waals surface area contributed by atoms with Crippen LogP contribution in [0.1, 0.15) is 12.8 Å². The maximum absolute atomic E-state index is 13.1. The monoisotopic (exact) mass is 391 g/mol. The lowest BCUT2D eigenvalue weighted by atomic mass is 10.1. The zero-order valence-corrected chi connectivity index (χ0v) is 15.6. The van der Waals surface area contributed by atoms with E-state index in [1.165, 1.54) is 28.6 Å². The van der Waals surface area contributed by atoms with Gasteiger partial charge < -0.3 is 14.6 Å². The molecule has 0 spiro atoms. The van der Waals surface area contributed by atoms with Crippen LogP contribution in [-0.2, 0) is 14.8 Å². The number of amides is 1. The molecule has 0 aliphatic carbocycles. The van der Waals surface area contributed by atoms with E-state index in [1.54, 1.807) is 11.0 Å². The topological polar surface area (TPSA) is 99.9 Å². The van der Waals surface area contributed by atoms with E-state index in [-0.39, 0.29) is 16.8 Å². The van der Waals surface area contributed by atoms with Gasteiger partial charge in [0.2, 0.25) is 15.9 Å². The highest BCUT2D eigenvalue weighted by atomic mass is 32.2. The smallest absolute Gasteiger partial charge is 0.336 e. The number of piperidine rings is 1. The molecule has 0 bridgehead atoms. The summed E-state index contributed by atoms with van der Waals surface area (Å²) in [5, 5.41) is 3.59. The summed E-state index contributed by atoms with van der Waals surface area (Å²) in [5.41, 5.74) is -0.123. The highest BCUT2D eigenvalue weighted by Gasteiger charge is 2.35. The van der Waals surface area contributed by atoms with Crippen molar-refractivity contribution in [3.63, 3.8) is 0 Å². The fraction of sp³-hybridized carbons (Fsp3) is 0.444. The molecule has 3 heterocycles. The number of hydrogen-bond acceptors (Lipinski definition) is 6. The lowest BCUT2D eigenvalue weighted by Crippen LogP contribution is -2.57. The highest BCUT2D eigenvalue weighted by Crippen LogP contribution is 2.25. The zero-order valence-electron chi connectivity index (χ0n) is 14.8. The van der Waals surface area contributed by atoms with Crippen molar-refractivity contribution < 1.29 is 17.6 Å². The fourth-order valence-electron chi connectivity index (χ4n) is 3.76. The summed E-state index contributed by atoms with van der Waals surface area (Å²) in [7, 11) is -3.69. The summed E-state index contributed by atoms with van der Waals surface area (Å²) >= 11 is 0. The average Bonchev–Trinajstić information content (AvgIpc) is 2.68. The molecule has 2 fully saturated rings. The first-order valence-corrected chi connectivity index (χ1v) is 10.4. The third kappa shape index (κ3) is 3.50. The number of fused-ring (bicyclic) bond motifs is 1. The van der Waals surface area contributed by atoms with Crippen LogP contribution in [0.4, 0.5) is 0 Å².